The van der Waals surface area contributed by atoms with E-state index in [0.29, 0.717) is 18.1 Å². The summed E-state index contributed by atoms with van der Waals surface area (Å²) in [5, 5.41) is 9.13. The van der Waals surface area contributed by atoms with E-state index in [1.165, 1.54) is 36.8 Å². The van der Waals surface area contributed by atoms with Gasteiger partial charge in [0.1, 0.15) is 12.1 Å². The molecule has 1 fully saturated rings. The van der Waals surface area contributed by atoms with E-state index in [1.807, 2.05) is 24.3 Å². The average Bonchev–Trinajstić information content (AvgIpc) is 3.11. The quantitative estimate of drug-likeness (QED) is 0.604. The van der Waals surface area contributed by atoms with E-state index >= 15 is 0 Å². The van der Waals surface area contributed by atoms with Gasteiger partial charge in [0.2, 0.25) is 5.91 Å². The number of rotatable bonds is 8. The molecule has 0 aliphatic heterocycles. The van der Waals surface area contributed by atoms with Crippen LogP contribution in [0.5, 0.6) is 0 Å². The molecule has 0 bridgehead atoms. The smallest absolute Gasteiger partial charge is 0.291 e. The maximum absolute atomic E-state index is 13.2. The standard InChI is InChI=1S/C24H33N5O2/c1-3-14-28-21-12-8-7-11-19(21)20-16-26-29(24(31)23(20)28)17-22(30)25-13-15-27(2)18-9-5-4-6-10-18/h7-8,11-12,16,18H,3-6,9-10,13-15,17H2,1-2H3,(H,25,30). The zero-order chi connectivity index (χ0) is 21.8. The van der Waals surface area contributed by atoms with Crippen LogP contribution in [0.15, 0.2) is 35.3 Å². The SMILES string of the molecule is CCCn1c2ccccc2c2cnn(CC(=O)NCCN(C)C3CCCCC3)c(=O)c21. The average molecular weight is 424 g/mol. The molecule has 0 saturated heterocycles. The normalized spacial score (nSPS) is 15.2. The molecule has 2 heterocycles. The summed E-state index contributed by atoms with van der Waals surface area (Å²) < 4.78 is 3.34. The molecule has 1 amide bonds. The molecule has 0 atom stereocenters. The number of hydrogen-bond donors (Lipinski definition) is 1. The highest BCUT2D eigenvalue weighted by Crippen LogP contribution is 2.26. The van der Waals surface area contributed by atoms with Crippen molar-refractivity contribution in [1.29, 1.82) is 0 Å². The lowest BCUT2D eigenvalue weighted by atomic mass is 9.94. The van der Waals surface area contributed by atoms with Gasteiger partial charge >= 0.3 is 0 Å². The van der Waals surface area contributed by atoms with Gasteiger partial charge in [-0.2, -0.15) is 5.10 Å². The predicted molar refractivity (Wildman–Crippen MR) is 124 cm³/mol. The van der Waals surface area contributed by atoms with Gasteiger partial charge < -0.3 is 14.8 Å². The summed E-state index contributed by atoms with van der Waals surface area (Å²) in [6, 6.07) is 8.63. The minimum Gasteiger partial charge on any atom is -0.353 e. The molecular weight excluding hydrogens is 390 g/mol. The number of nitrogens with one attached hydrogen (secondary N) is 1. The first-order valence-corrected chi connectivity index (χ1v) is 11.5. The van der Waals surface area contributed by atoms with Gasteiger partial charge in [0.15, 0.2) is 0 Å². The Morgan fingerprint density at radius 2 is 1.97 bits per heavy atom. The second-order valence-electron chi connectivity index (χ2n) is 8.66. The van der Waals surface area contributed by atoms with Crippen molar-refractivity contribution in [3.63, 3.8) is 0 Å². The number of hydrogen-bond acceptors (Lipinski definition) is 4. The molecule has 1 aliphatic rings. The highest BCUT2D eigenvalue weighted by Gasteiger charge is 2.19. The van der Waals surface area contributed by atoms with E-state index < -0.39 is 0 Å². The molecule has 3 aromatic rings. The van der Waals surface area contributed by atoms with Gasteiger partial charge in [-0.1, -0.05) is 44.4 Å². The highest BCUT2D eigenvalue weighted by molar-refractivity contribution is 6.07. The van der Waals surface area contributed by atoms with Crippen molar-refractivity contribution in [1.82, 2.24) is 24.6 Å². The number of para-hydroxylation sites is 1. The van der Waals surface area contributed by atoms with E-state index in [9.17, 15) is 9.59 Å². The second-order valence-corrected chi connectivity index (χ2v) is 8.66. The van der Waals surface area contributed by atoms with Crippen LogP contribution in [0, 0.1) is 0 Å². The first-order valence-electron chi connectivity index (χ1n) is 11.5. The van der Waals surface area contributed by atoms with Gasteiger partial charge in [0.05, 0.1) is 6.20 Å². The number of carbonyl (C=O) groups is 1. The van der Waals surface area contributed by atoms with Crippen molar-refractivity contribution in [2.24, 2.45) is 0 Å². The minimum atomic E-state index is -0.211. The number of nitrogens with zero attached hydrogens (tertiary/aromatic N) is 4. The Bertz CT molecular complexity index is 1110. The third-order valence-corrected chi connectivity index (χ3v) is 6.50. The van der Waals surface area contributed by atoms with Crippen LogP contribution in [-0.4, -0.2) is 51.3 Å². The maximum atomic E-state index is 13.2. The van der Waals surface area contributed by atoms with Crippen molar-refractivity contribution in [2.45, 2.75) is 64.6 Å². The molecule has 1 aromatic carbocycles. The fraction of sp³-hybridized carbons (Fsp3) is 0.542. The van der Waals surface area contributed by atoms with Crippen molar-refractivity contribution in [2.75, 3.05) is 20.1 Å². The molecule has 1 saturated carbocycles. The van der Waals surface area contributed by atoms with Gasteiger partial charge in [-0.25, -0.2) is 4.68 Å². The number of likely N-dealkylation sites (N-methyl/N-ethyl adjacent to an activating group) is 1. The van der Waals surface area contributed by atoms with Crippen LogP contribution in [-0.2, 0) is 17.9 Å². The van der Waals surface area contributed by atoms with Crippen LogP contribution in [0.4, 0.5) is 0 Å². The molecule has 2 aromatic heterocycles. The van der Waals surface area contributed by atoms with Crippen LogP contribution >= 0.6 is 0 Å². The lowest BCUT2D eigenvalue weighted by Gasteiger charge is -2.31. The Hall–Kier alpha value is -2.67. The van der Waals surface area contributed by atoms with Crippen molar-refractivity contribution < 1.29 is 4.79 Å². The lowest BCUT2D eigenvalue weighted by Crippen LogP contribution is -2.41. The number of aryl methyl sites for hydroxylation is 1. The molecule has 0 unspecified atom stereocenters. The van der Waals surface area contributed by atoms with Crippen molar-refractivity contribution >= 4 is 27.7 Å². The maximum Gasteiger partial charge on any atom is 0.291 e. The summed E-state index contributed by atoms with van der Waals surface area (Å²) in [5.41, 5.74) is 1.45. The zero-order valence-electron chi connectivity index (χ0n) is 18.6. The van der Waals surface area contributed by atoms with E-state index in [-0.39, 0.29) is 18.0 Å². The van der Waals surface area contributed by atoms with Crippen LogP contribution in [0.25, 0.3) is 21.8 Å². The van der Waals surface area contributed by atoms with Gasteiger partial charge in [-0.3, -0.25) is 9.59 Å². The Labute approximate surface area is 183 Å². The highest BCUT2D eigenvalue weighted by atomic mass is 16.2. The molecule has 0 radical (unpaired) electrons. The molecule has 4 rings (SSSR count). The zero-order valence-corrected chi connectivity index (χ0v) is 18.6. The molecule has 1 N–H and O–H groups in total. The Balaban J connectivity index is 1.46. The molecular formula is C24H33N5O2. The van der Waals surface area contributed by atoms with E-state index in [1.54, 1.807) is 6.20 Å². The topological polar surface area (TPSA) is 72.2 Å². The Morgan fingerprint density at radius 3 is 2.74 bits per heavy atom. The number of amides is 1. The number of aromatic nitrogens is 3. The minimum absolute atomic E-state index is 0.0600. The molecule has 7 heteroatoms. The van der Waals surface area contributed by atoms with Crippen LogP contribution in [0.1, 0.15) is 45.4 Å². The second kappa shape index (κ2) is 9.64. The predicted octanol–water partition coefficient (Wildman–Crippen LogP) is 3.14. The first kappa shape index (κ1) is 21.6. The van der Waals surface area contributed by atoms with Crippen LogP contribution in [0.3, 0.4) is 0 Å². The summed E-state index contributed by atoms with van der Waals surface area (Å²) >= 11 is 0. The molecule has 166 valence electrons. The largest absolute Gasteiger partial charge is 0.353 e. The molecule has 31 heavy (non-hydrogen) atoms. The third kappa shape index (κ3) is 4.51. The number of carbonyl (C=O) groups excluding carboxylic acids is 1. The summed E-state index contributed by atoms with van der Waals surface area (Å²) in [4.78, 5) is 28.1. The summed E-state index contributed by atoms with van der Waals surface area (Å²) in [7, 11) is 2.13. The molecule has 1 aliphatic carbocycles. The molecule has 0 spiro atoms. The summed E-state index contributed by atoms with van der Waals surface area (Å²) in [6.45, 7) is 4.19. The van der Waals surface area contributed by atoms with Crippen molar-refractivity contribution in [3.8, 4) is 0 Å². The molecule has 7 nitrogen and oxygen atoms in total. The van der Waals surface area contributed by atoms with Gasteiger partial charge in [0, 0.05) is 42.0 Å². The van der Waals surface area contributed by atoms with Gasteiger partial charge in [-0.15, -0.1) is 0 Å². The lowest BCUT2D eigenvalue weighted by molar-refractivity contribution is -0.122. The van der Waals surface area contributed by atoms with E-state index in [0.717, 1.165) is 35.8 Å². The third-order valence-electron chi connectivity index (χ3n) is 6.50. The van der Waals surface area contributed by atoms with Gasteiger partial charge in [-0.05, 0) is 32.4 Å². The Morgan fingerprint density at radius 1 is 1.19 bits per heavy atom. The number of benzene rings is 1. The first-order chi connectivity index (χ1) is 15.1. The van der Waals surface area contributed by atoms with Crippen molar-refractivity contribution in [3.05, 3.63) is 40.8 Å². The Kier molecular flexibility index (Phi) is 6.70. The van der Waals surface area contributed by atoms with Crippen LogP contribution in [0.2, 0.25) is 0 Å². The van der Waals surface area contributed by atoms with Crippen LogP contribution < -0.4 is 10.9 Å². The fourth-order valence-electron chi connectivity index (χ4n) is 4.83. The van der Waals surface area contributed by atoms with Gasteiger partial charge in [0.25, 0.3) is 5.56 Å². The van der Waals surface area contributed by atoms with E-state index in [2.05, 4.69) is 33.9 Å². The summed E-state index contributed by atoms with van der Waals surface area (Å²) in [5.74, 6) is -0.177. The summed E-state index contributed by atoms with van der Waals surface area (Å²) in [6.07, 6.45) is 9.07. The number of fused-ring (bicyclic) bond motifs is 3. The van der Waals surface area contributed by atoms with E-state index in [4.69, 9.17) is 0 Å². The fourth-order valence-corrected chi connectivity index (χ4v) is 4.83. The monoisotopic (exact) mass is 423 g/mol.